The van der Waals surface area contributed by atoms with Crippen molar-refractivity contribution in [3.05, 3.63) is 28.8 Å². The molecule has 1 aliphatic carbocycles. The van der Waals surface area contributed by atoms with Crippen LogP contribution in [0.25, 0.3) is 0 Å². The average Bonchev–Trinajstić information content (AvgIpc) is 2.43. The molecule has 0 saturated heterocycles. The summed E-state index contributed by atoms with van der Waals surface area (Å²) in [6.45, 7) is 6.21. The highest BCUT2D eigenvalue weighted by molar-refractivity contribution is 5.91. The van der Waals surface area contributed by atoms with E-state index < -0.39 is 0 Å². The normalized spacial score (nSPS) is 21.9. The van der Waals surface area contributed by atoms with Crippen molar-refractivity contribution < 1.29 is 9.90 Å². The lowest BCUT2D eigenvalue weighted by Gasteiger charge is -2.31. The zero-order chi connectivity index (χ0) is 15.4. The fourth-order valence-electron chi connectivity index (χ4n) is 3.31. The molecule has 116 valence electrons. The predicted octanol–water partition coefficient (Wildman–Crippen LogP) is 3.28. The second-order valence-corrected chi connectivity index (χ2v) is 6.21. The first-order chi connectivity index (χ1) is 10.0. The van der Waals surface area contributed by atoms with Gasteiger partial charge in [-0.1, -0.05) is 30.5 Å². The van der Waals surface area contributed by atoms with Crippen LogP contribution in [0, 0.1) is 26.7 Å². The van der Waals surface area contributed by atoms with Gasteiger partial charge in [0.25, 0.3) is 0 Å². The smallest absolute Gasteiger partial charge is 0.319 e. The molecule has 2 rings (SSSR count). The van der Waals surface area contributed by atoms with E-state index in [2.05, 4.69) is 29.7 Å². The minimum absolute atomic E-state index is 0.0785. The van der Waals surface area contributed by atoms with Crippen LogP contribution in [-0.2, 0) is 0 Å². The van der Waals surface area contributed by atoms with E-state index in [1.165, 1.54) is 5.56 Å². The Hall–Kier alpha value is -1.55. The van der Waals surface area contributed by atoms with Gasteiger partial charge in [0, 0.05) is 24.3 Å². The molecule has 21 heavy (non-hydrogen) atoms. The summed E-state index contributed by atoms with van der Waals surface area (Å²) in [5.74, 6) is 0.185. The van der Waals surface area contributed by atoms with E-state index in [-0.39, 0.29) is 24.6 Å². The molecular weight excluding hydrogens is 264 g/mol. The monoisotopic (exact) mass is 290 g/mol. The molecule has 0 aromatic heterocycles. The molecule has 2 amide bonds. The number of amides is 2. The summed E-state index contributed by atoms with van der Waals surface area (Å²) in [5, 5.41) is 15.4. The zero-order valence-electron chi connectivity index (χ0n) is 13.2. The fourth-order valence-corrected chi connectivity index (χ4v) is 3.31. The maximum absolute atomic E-state index is 12.2. The van der Waals surface area contributed by atoms with Gasteiger partial charge in [0.05, 0.1) is 0 Å². The molecule has 0 radical (unpaired) electrons. The third-order valence-corrected chi connectivity index (χ3v) is 4.38. The summed E-state index contributed by atoms with van der Waals surface area (Å²) in [6, 6.07) is 4.05. The first-order valence-corrected chi connectivity index (χ1v) is 7.77. The van der Waals surface area contributed by atoms with Crippen LogP contribution >= 0.6 is 0 Å². The topological polar surface area (TPSA) is 61.4 Å². The number of aliphatic hydroxyl groups excluding tert-OH is 1. The summed E-state index contributed by atoms with van der Waals surface area (Å²) in [6.07, 6.45) is 4.19. The second kappa shape index (κ2) is 6.94. The Labute approximate surface area is 126 Å². The van der Waals surface area contributed by atoms with Crippen LogP contribution in [0.5, 0.6) is 0 Å². The van der Waals surface area contributed by atoms with E-state index >= 15 is 0 Å². The van der Waals surface area contributed by atoms with Crippen molar-refractivity contribution >= 4 is 11.7 Å². The van der Waals surface area contributed by atoms with Gasteiger partial charge in [0.1, 0.15) is 0 Å². The van der Waals surface area contributed by atoms with Crippen molar-refractivity contribution in [2.24, 2.45) is 5.92 Å². The van der Waals surface area contributed by atoms with E-state index in [4.69, 9.17) is 0 Å². The van der Waals surface area contributed by atoms with E-state index in [0.717, 1.165) is 42.5 Å². The number of rotatable bonds is 3. The SMILES string of the molecule is Cc1cc(C)c(NC(=O)NC2CCCCC2CO)c(C)c1. The molecule has 4 heteroatoms. The van der Waals surface area contributed by atoms with Gasteiger partial charge in [0.2, 0.25) is 0 Å². The molecule has 0 spiro atoms. The van der Waals surface area contributed by atoms with Gasteiger partial charge in [0.15, 0.2) is 0 Å². The number of benzene rings is 1. The van der Waals surface area contributed by atoms with Crippen molar-refractivity contribution in [2.75, 3.05) is 11.9 Å². The second-order valence-electron chi connectivity index (χ2n) is 6.21. The quantitative estimate of drug-likeness (QED) is 0.800. The molecule has 2 atom stereocenters. The zero-order valence-corrected chi connectivity index (χ0v) is 13.2. The summed E-state index contributed by atoms with van der Waals surface area (Å²) in [4.78, 5) is 12.2. The predicted molar refractivity (Wildman–Crippen MR) is 85.6 cm³/mol. The van der Waals surface area contributed by atoms with Crippen LogP contribution in [0.15, 0.2) is 12.1 Å². The van der Waals surface area contributed by atoms with Crippen molar-refractivity contribution in [3.63, 3.8) is 0 Å². The third kappa shape index (κ3) is 3.97. The highest BCUT2D eigenvalue weighted by Gasteiger charge is 2.26. The van der Waals surface area contributed by atoms with E-state index in [1.807, 2.05) is 13.8 Å². The Morgan fingerprint density at radius 3 is 2.43 bits per heavy atom. The number of hydrogen-bond acceptors (Lipinski definition) is 2. The number of anilines is 1. The standard InChI is InChI=1S/C17H26N2O2/c1-11-8-12(2)16(13(3)9-11)19-17(21)18-15-7-5-4-6-14(15)10-20/h8-9,14-15,20H,4-7,10H2,1-3H3,(H2,18,19,21). The average molecular weight is 290 g/mol. The Bertz CT molecular complexity index is 491. The van der Waals surface area contributed by atoms with E-state index in [1.54, 1.807) is 0 Å². The lowest BCUT2D eigenvalue weighted by Crippen LogP contribution is -2.45. The highest BCUT2D eigenvalue weighted by atomic mass is 16.3. The lowest BCUT2D eigenvalue weighted by molar-refractivity contribution is 0.156. The minimum Gasteiger partial charge on any atom is -0.396 e. The van der Waals surface area contributed by atoms with Crippen LogP contribution in [-0.4, -0.2) is 23.8 Å². The van der Waals surface area contributed by atoms with Gasteiger partial charge >= 0.3 is 6.03 Å². The Morgan fingerprint density at radius 1 is 1.19 bits per heavy atom. The van der Waals surface area contributed by atoms with Crippen LogP contribution in [0.1, 0.15) is 42.4 Å². The summed E-state index contributed by atoms with van der Waals surface area (Å²) < 4.78 is 0. The molecule has 2 unspecified atom stereocenters. The van der Waals surface area contributed by atoms with Crippen LogP contribution in [0.2, 0.25) is 0 Å². The van der Waals surface area contributed by atoms with Crippen molar-refractivity contribution in [3.8, 4) is 0 Å². The first kappa shape index (κ1) is 15.8. The van der Waals surface area contributed by atoms with Gasteiger partial charge in [-0.25, -0.2) is 4.79 Å². The Morgan fingerprint density at radius 2 is 1.81 bits per heavy atom. The number of aryl methyl sites for hydroxylation is 3. The van der Waals surface area contributed by atoms with Crippen LogP contribution in [0.4, 0.5) is 10.5 Å². The minimum atomic E-state index is -0.171. The van der Waals surface area contributed by atoms with Crippen molar-refractivity contribution in [2.45, 2.75) is 52.5 Å². The Kier molecular flexibility index (Phi) is 5.23. The fraction of sp³-hybridized carbons (Fsp3) is 0.588. The largest absolute Gasteiger partial charge is 0.396 e. The molecule has 1 fully saturated rings. The summed E-state index contributed by atoms with van der Waals surface area (Å²) >= 11 is 0. The molecule has 4 nitrogen and oxygen atoms in total. The van der Waals surface area contributed by atoms with Crippen LogP contribution < -0.4 is 10.6 Å². The summed E-state index contributed by atoms with van der Waals surface area (Å²) in [5.41, 5.74) is 4.23. The molecular formula is C17H26N2O2. The molecule has 1 aromatic carbocycles. The number of hydrogen-bond donors (Lipinski definition) is 3. The van der Waals surface area contributed by atoms with Crippen molar-refractivity contribution in [1.82, 2.24) is 5.32 Å². The Balaban J connectivity index is 2.01. The molecule has 0 heterocycles. The summed E-state index contributed by atoms with van der Waals surface area (Å²) in [7, 11) is 0. The number of nitrogens with one attached hydrogen (secondary N) is 2. The van der Waals surface area contributed by atoms with E-state index in [9.17, 15) is 9.90 Å². The van der Waals surface area contributed by atoms with Gasteiger partial charge in [-0.05, 0) is 44.7 Å². The number of urea groups is 1. The maximum Gasteiger partial charge on any atom is 0.319 e. The van der Waals surface area contributed by atoms with Gasteiger partial charge in [-0.15, -0.1) is 0 Å². The number of carbonyl (C=O) groups excluding carboxylic acids is 1. The molecule has 1 saturated carbocycles. The molecule has 1 aliphatic rings. The van der Waals surface area contributed by atoms with E-state index in [0.29, 0.717) is 0 Å². The van der Waals surface area contributed by atoms with Gasteiger partial charge in [-0.2, -0.15) is 0 Å². The number of aliphatic hydroxyl groups is 1. The number of carbonyl (C=O) groups is 1. The lowest BCUT2D eigenvalue weighted by atomic mass is 9.85. The molecule has 0 bridgehead atoms. The van der Waals surface area contributed by atoms with Crippen molar-refractivity contribution in [1.29, 1.82) is 0 Å². The van der Waals surface area contributed by atoms with Crippen LogP contribution in [0.3, 0.4) is 0 Å². The van der Waals surface area contributed by atoms with Gasteiger partial charge < -0.3 is 15.7 Å². The molecule has 1 aromatic rings. The highest BCUT2D eigenvalue weighted by Crippen LogP contribution is 2.25. The molecule has 0 aliphatic heterocycles. The molecule has 3 N–H and O–H groups in total. The maximum atomic E-state index is 12.2. The first-order valence-electron chi connectivity index (χ1n) is 7.77. The van der Waals surface area contributed by atoms with Gasteiger partial charge in [-0.3, -0.25) is 0 Å². The third-order valence-electron chi connectivity index (χ3n) is 4.38.